The number of para-hydroxylation sites is 1. The van der Waals surface area contributed by atoms with Crippen LogP contribution in [0.5, 0.6) is 5.75 Å². The Morgan fingerprint density at radius 3 is 2.78 bits per heavy atom. The highest BCUT2D eigenvalue weighted by atomic mass is 16.5. The molecule has 5 nitrogen and oxygen atoms in total. The van der Waals surface area contributed by atoms with Gasteiger partial charge >= 0.3 is 0 Å². The van der Waals surface area contributed by atoms with Crippen LogP contribution in [0.4, 0.5) is 0 Å². The second-order valence-corrected chi connectivity index (χ2v) is 4.12. The lowest BCUT2D eigenvalue weighted by Gasteiger charge is -2.16. The summed E-state index contributed by atoms with van der Waals surface area (Å²) < 4.78 is 5.62. The van der Waals surface area contributed by atoms with Crippen molar-refractivity contribution in [3.8, 4) is 5.75 Å². The molecule has 3 N–H and O–H groups in total. The minimum absolute atomic E-state index is 0.340. The molecule has 0 fully saturated rings. The number of rotatable bonds is 7. The summed E-state index contributed by atoms with van der Waals surface area (Å²) in [7, 11) is 2.05. The fourth-order valence-corrected chi connectivity index (χ4v) is 1.66. The molecule has 0 aliphatic carbocycles. The number of nitrogens with two attached hydrogens (primary N) is 1. The highest BCUT2D eigenvalue weighted by Gasteiger charge is 2.10. The van der Waals surface area contributed by atoms with Crippen molar-refractivity contribution in [1.82, 2.24) is 10.3 Å². The molecular formula is C13H21N3O2. The number of nitrogen functional groups attached to an aromatic ring is 1. The molecule has 0 aliphatic rings. The highest BCUT2D eigenvalue weighted by Crippen LogP contribution is 2.17. The highest BCUT2D eigenvalue weighted by molar-refractivity contribution is 5.96. The first-order valence-electron chi connectivity index (χ1n) is 6.10. The fraction of sp³-hybridized carbons (Fsp3) is 0.462. The third-order valence-corrected chi connectivity index (χ3v) is 2.60. The predicted octanol–water partition coefficient (Wildman–Crippen LogP) is 1.01. The van der Waals surface area contributed by atoms with E-state index in [1.54, 1.807) is 18.2 Å². The summed E-state index contributed by atoms with van der Waals surface area (Å²) in [6.45, 7) is 4.55. The Bertz CT molecular complexity index is 382. The van der Waals surface area contributed by atoms with Gasteiger partial charge < -0.3 is 9.64 Å². The first-order chi connectivity index (χ1) is 8.69. The van der Waals surface area contributed by atoms with Crippen molar-refractivity contribution in [1.29, 1.82) is 0 Å². The number of hydrogen-bond donors (Lipinski definition) is 2. The number of carbonyl (C=O) groups excluding carboxylic acids is 1. The Morgan fingerprint density at radius 2 is 2.11 bits per heavy atom. The van der Waals surface area contributed by atoms with Crippen molar-refractivity contribution in [2.24, 2.45) is 5.84 Å². The normalized spacial score (nSPS) is 10.4. The predicted molar refractivity (Wildman–Crippen MR) is 71.4 cm³/mol. The molecule has 1 aromatic rings. The van der Waals surface area contributed by atoms with Crippen molar-refractivity contribution in [2.75, 3.05) is 26.7 Å². The number of amides is 1. The van der Waals surface area contributed by atoms with Gasteiger partial charge in [0.05, 0.1) is 5.56 Å². The summed E-state index contributed by atoms with van der Waals surface area (Å²) >= 11 is 0. The lowest BCUT2D eigenvalue weighted by molar-refractivity contribution is 0.0949. The van der Waals surface area contributed by atoms with E-state index in [2.05, 4.69) is 17.2 Å². The van der Waals surface area contributed by atoms with Crippen LogP contribution in [0.1, 0.15) is 23.7 Å². The van der Waals surface area contributed by atoms with Gasteiger partial charge in [-0.15, -0.1) is 0 Å². The van der Waals surface area contributed by atoms with Crippen LogP contribution in [0.2, 0.25) is 0 Å². The lowest BCUT2D eigenvalue weighted by atomic mass is 10.2. The summed E-state index contributed by atoms with van der Waals surface area (Å²) in [5.74, 6) is 5.35. The van der Waals surface area contributed by atoms with E-state index in [1.807, 2.05) is 13.1 Å². The minimum atomic E-state index is -0.340. The molecule has 0 heterocycles. The van der Waals surface area contributed by atoms with E-state index in [0.717, 1.165) is 19.5 Å². The molecule has 18 heavy (non-hydrogen) atoms. The second kappa shape index (κ2) is 7.68. The lowest BCUT2D eigenvalue weighted by Crippen LogP contribution is -2.30. The quantitative estimate of drug-likeness (QED) is 0.431. The van der Waals surface area contributed by atoms with E-state index in [4.69, 9.17) is 10.6 Å². The number of ether oxygens (including phenoxy) is 1. The maximum absolute atomic E-state index is 11.5. The van der Waals surface area contributed by atoms with E-state index in [0.29, 0.717) is 17.9 Å². The number of likely N-dealkylation sites (N-methyl/N-ethyl adjacent to an activating group) is 1. The van der Waals surface area contributed by atoms with E-state index in [1.165, 1.54) is 0 Å². The van der Waals surface area contributed by atoms with Gasteiger partial charge in [-0.25, -0.2) is 5.84 Å². The summed E-state index contributed by atoms with van der Waals surface area (Å²) in [6, 6.07) is 7.07. The first-order valence-corrected chi connectivity index (χ1v) is 6.10. The van der Waals surface area contributed by atoms with Gasteiger partial charge in [0.15, 0.2) is 0 Å². The van der Waals surface area contributed by atoms with E-state index < -0.39 is 0 Å². The zero-order valence-corrected chi connectivity index (χ0v) is 11.0. The molecule has 0 aromatic heterocycles. The maximum atomic E-state index is 11.5. The van der Waals surface area contributed by atoms with E-state index >= 15 is 0 Å². The van der Waals surface area contributed by atoms with Crippen LogP contribution < -0.4 is 16.0 Å². The van der Waals surface area contributed by atoms with Gasteiger partial charge in [0.25, 0.3) is 5.91 Å². The number of hydrogen-bond acceptors (Lipinski definition) is 4. The summed E-state index contributed by atoms with van der Waals surface area (Å²) in [5.41, 5.74) is 2.57. The third kappa shape index (κ3) is 4.35. The van der Waals surface area contributed by atoms with Gasteiger partial charge in [-0.05, 0) is 32.1 Å². The molecule has 0 saturated carbocycles. The van der Waals surface area contributed by atoms with Crippen molar-refractivity contribution in [3.05, 3.63) is 29.8 Å². The molecule has 1 amide bonds. The van der Waals surface area contributed by atoms with E-state index in [-0.39, 0.29) is 5.91 Å². The van der Waals surface area contributed by atoms with Crippen LogP contribution in [0.25, 0.3) is 0 Å². The van der Waals surface area contributed by atoms with Gasteiger partial charge in [-0.1, -0.05) is 19.1 Å². The Kier molecular flexibility index (Phi) is 6.18. The topological polar surface area (TPSA) is 67.6 Å². The third-order valence-electron chi connectivity index (χ3n) is 2.60. The van der Waals surface area contributed by atoms with Gasteiger partial charge in [0.1, 0.15) is 12.4 Å². The molecule has 0 radical (unpaired) electrons. The van der Waals surface area contributed by atoms with Crippen LogP contribution >= 0.6 is 0 Å². The molecule has 0 bridgehead atoms. The molecule has 0 aliphatic heterocycles. The Balaban J connectivity index is 2.54. The average molecular weight is 251 g/mol. The van der Waals surface area contributed by atoms with Crippen molar-refractivity contribution in [2.45, 2.75) is 13.3 Å². The summed E-state index contributed by atoms with van der Waals surface area (Å²) in [6.07, 6.45) is 1.11. The number of hydrazine groups is 1. The van der Waals surface area contributed by atoms with Gasteiger partial charge in [-0.2, -0.15) is 0 Å². The number of nitrogens with one attached hydrogen (secondary N) is 1. The smallest absolute Gasteiger partial charge is 0.268 e. The number of carbonyl (C=O) groups is 1. The van der Waals surface area contributed by atoms with Gasteiger partial charge in [0.2, 0.25) is 0 Å². The monoisotopic (exact) mass is 251 g/mol. The Hall–Kier alpha value is -1.59. The number of benzene rings is 1. The molecule has 1 rings (SSSR count). The van der Waals surface area contributed by atoms with Crippen LogP contribution in [0.15, 0.2) is 24.3 Å². The van der Waals surface area contributed by atoms with E-state index in [9.17, 15) is 4.79 Å². The molecule has 0 unspecified atom stereocenters. The van der Waals surface area contributed by atoms with Crippen LogP contribution in [-0.4, -0.2) is 37.6 Å². The number of nitrogens with zero attached hydrogens (tertiary/aromatic N) is 1. The summed E-state index contributed by atoms with van der Waals surface area (Å²) in [5, 5.41) is 0. The maximum Gasteiger partial charge on any atom is 0.268 e. The van der Waals surface area contributed by atoms with Gasteiger partial charge in [-0.3, -0.25) is 10.2 Å². The molecule has 0 atom stereocenters. The average Bonchev–Trinajstić information content (AvgIpc) is 2.39. The van der Waals surface area contributed by atoms with Gasteiger partial charge in [0, 0.05) is 6.54 Å². The molecule has 0 saturated heterocycles. The standard InChI is InChI=1S/C13H21N3O2/c1-3-8-16(2)9-10-18-12-7-5-4-6-11(12)13(17)15-14/h4-7H,3,8-10,14H2,1-2H3,(H,15,17). The van der Waals surface area contributed by atoms with Crippen LogP contribution in [-0.2, 0) is 0 Å². The first kappa shape index (κ1) is 14.5. The summed E-state index contributed by atoms with van der Waals surface area (Å²) in [4.78, 5) is 13.7. The molecule has 100 valence electrons. The van der Waals surface area contributed by atoms with Crippen molar-refractivity contribution < 1.29 is 9.53 Å². The molecule has 0 spiro atoms. The fourth-order valence-electron chi connectivity index (χ4n) is 1.66. The molecular weight excluding hydrogens is 230 g/mol. The zero-order chi connectivity index (χ0) is 13.4. The van der Waals surface area contributed by atoms with Crippen LogP contribution in [0.3, 0.4) is 0 Å². The molecule has 5 heteroatoms. The second-order valence-electron chi connectivity index (χ2n) is 4.12. The minimum Gasteiger partial charge on any atom is -0.491 e. The Morgan fingerprint density at radius 1 is 1.39 bits per heavy atom. The SMILES string of the molecule is CCCN(C)CCOc1ccccc1C(=O)NN. The molecule has 1 aromatic carbocycles. The zero-order valence-electron chi connectivity index (χ0n) is 11.0. The van der Waals surface area contributed by atoms with Crippen LogP contribution in [0, 0.1) is 0 Å². The van der Waals surface area contributed by atoms with Crippen molar-refractivity contribution >= 4 is 5.91 Å². The Labute approximate surface area is 108 Å². The van der Waals surface area contributed by atoms with Crippen molar-refractivity contribution in [3.63, 3.8) is 0 Å². The largest absolute Gasteiger partial charge is 0.491 e.